The molecule has 0 aliphatic carbocycles. The summed E-state index contributed by atoms with van der Waals surface area (Å²) in [7, 11) is 0. The van der Waals surface area contributed by atoms with Crippen LogP contribution in [0.4, 0.5) is 4.39 Å². The van der Waals surface area contributed by atoms with Gasteiger partial charge >= 0.3 is 0 Å². The smallest absolute Gasteiger partial charge is 0.129 e. The number of benzene rings is 1. The van der Waals surface area contributed by atoms with Crippen molar-refractivity contribution in [3.8, 4) is 5.75 Å². The fourth-order valence-electron chi connectivity index (χ4n) is 0.596. The van der Waals surface area contributed by atoms with Crippen molar-refractivity contribution in [3.63, 3.8) is 0 Å². The van der Waals surface area contributed by atoms with E-state index in [1.54, 1.807) is 0 Å². The molecule has 0 amide bonds. The lowest BCUT2D eigenvalue weighted by molar-refractivity contribution is 0.463. The molecule has 0 aliphatic rings. The molecule has 0 radical (unpaired) electrons. The maximum absolute atomic E-state index is 12.4. The van der Waals surface area contributed by atoms with Crippen LogP contribution in [0.5, 0.6) is 5.75 Å². The molecule has 0 saturated carbocycles. The third-order valence-corrected chi connectivity index (χ3v) is 1.24. The fraction of sp³-hybridized carbons (Fsp3) is 0.455. The molecule has 0 spiro atoms. The molecule has 13 heavy (non-hydrogen) atoms. The lowest BCUT2D eigenvalue weighted by Crippen LogP contribution is -1.79. The molecule has 0 aliphatic heterocycles. The van der Waals surface area contributed by atoms with E-state index in [0.29, 0.717) is 5.56 Å². The van der Waals surface area contributed by atoms with Gasteiger partial charge in [0.25, 0.3) is 0 Å². The highest BCUT2D eigenvalue weighted by Gasteiger charge is 1.98. The van der Waals surface area contributed by atoms with Crippen molar-refractivity contribution in [2.75, 3.05) is 0 Å². The number of rotatable bonds is 0. The Morgan fingerprint density at radius 2 is 1.69 bits per heavy atom. The van der Waals surface area contributed by atoms with E-state index < -0.39 is 0 Å². The van der Waals surface area contributed by atoms with E-state index >= 15 is 0 Å². The highest BCUT2D eigenvalue weighted by atomic mass is 19.1. The van der Waals surface area contributed by atoms with E-state index in [-0.39, 0.29) is 11.6 Å². The number of phenols is 1. The summed E-state index contributed by atoms with van der Waals surface area (Å²) in [6, 6.07) is 4.24. The number of phenolic OH excluding ortho intramolecular Hbond substituents is 1. The first-order chi connectivity index (χ1) is 5.95. The second-order valence-corrected chi connectivity index (χ2v) is 3.62. The second kappa shape index (κ2) is 5.57. The van der Waals surface area contributed by atoms with E-state index in [1.165, 1.54) is 25.1 Å². The first-order valence-electron chi connectivity index (χ1n) is 4.39. The second-order valence-electron chi connectivity index (χ2n) is 3.62. The maximum Gasteiger partial charge on any atom is 0.129 e. The summed E-state index contributed by atoms with van der Waals surface area (Å²) in [6.07, 6.45) is 0. The van der Waals surface area contributed by atoms with Crippen LogP contribution in [0.1, 0.15) is 26.3 Å². The van der Waals surface area contributed by atoms with Crippen LogP contribution < -0.4 is 0 Å². The van der Waals surface area contributed by atoms with Crippen LogP contribution in [0.3, 0.4) is 0 Å². The predicted molar refractivity (Wildman–Crippen MR) is 53.3 cm³/mol. The van der Waals surface area contributed by atoms with E-state index in [1.807, 2.05) is 0 Å². The fourth-order valence-corrected chi connectivity index (χ4v) is 0.596. The van der Waals surface area contributed by atoms with Crippen LogP contribution in [0.15, 0.2) is 18.2 Å². The van der Waals surface area contributed by atoms with Crippen molar-refractivity contribution in [3.05, 3.63) is 29.6 Å². The van der Waals surface area contributed by atoms with Gasteiger partial charge in [0, 0.05) is 5.56 Å². The maximum atomic E-state index is 12.4. The molecule has 0 unspecified atom stereocenters. The Balaban J connectivity index is 0.000000310. The van der Waals surface area contributed by atoms with Crippen molar-refractivity contribution in [1.82, 2.24) is 0 Å². The Hall–Kier alpha value is -1.05. The molecule has 74 valence electrons. The molecule has 1 aromatic carbocycles. The van der Waals surface area contributed by atoms with Gasteiger partial charge in [0.15, 0.2) is 0 Å². The zero-order valence-corrected chi connectivity index (χ0v) is 8.63. The van der Waals surface area contributed by atoms with Crippen LogP contribution in [-0.4, -0.2) is 5.11 Å². The Morgan fingerprint density at radius 3 is 2.00 bits per heavy atom. The molecule has 0 heterocycles. The average Bonchev–Trinajstić information content (AvgIpc) is 1.99. The Bertz CT molecular complexity index is 233. The number of halogens is 1. The molecule has 2 heteroatoms. The highest BCUT2D eigenvalue weighted by Crippen LogP contribution is 2.16. The summed E-state index contributed by atoms with van der Waals surface area (Å²) in [6.45, 7) is 8.03. The SMILES string of the molecule is CC(C)C.Cc1c(O)cccc1F. The Labute approximate surface area is 79.2 Å². The summed E-state index contributed by atoms with van der Waals surface area (Å²) < 4.78 is 12.4. The van der Waals surface area contributed by atoms with E-state index in [4.69, 9.17) is 5.11 Å². The molecule has 0 fully saturated rings. The zero-order valence-electron chi connectivity index (χ0n) is 8.63. The quantitative estimate of drug-likeness (QED) is 0.654. The summed E-state index contributed by atoms with van der Waals surface area (Å²) in [5, 5.41) is 8.86. The van der Waals surface area contributed by atoms with Gasteiger partial charge in [-0.05, 0) is 25.0 Å². The van der Waals surface area contributed by atoms with Crippen LogP contribution in [-0.2, 0) is 0 Å². The van der Waals surface area contributed by atoms with Gasteiger partial charge in [-0.1, -0.05) is 26.8 Å². The number of hydrogen-bond acceptors (Lipinski definition) is 1. The van der Waals surface area contributed by atoms with Crippen molar-refractivity contribution < 1.29 is 9.50 Å². The molecule has 0 aromatic heterocycles. The van der Waals surface area contributed by atoms with E-state index in [2.05, 4.69) is 20.8 Å². The first kappa shape index (κ1) is 11.9. The molecule has 1 nitrogen and oxygen atoms in total. The van der Waals surface area contributed by atoms with Gasteiger partial charge in [-0.3, -0.25) is 0 Å². The van der Waals surface area contributed by atoms with Crippen molar-refractivity contribution in [2.45, 2.75) is 27.7 Å². The topological polar surface area (TPSA) is 20.2 Å². The van der Waals surface area contributed by atoms with Gasteiger partial charge in [-0.2, -0.15) is 0 Å². The van der Waals surface area contributed by atoms with Gasteiger partial charge in [0.05, 0.1) is 0 Å². The molecular weight excluding hydrogens is 167 g/mol. The van der Waals surface area contributed by atoms with Gasteiger partial charge in [0.2, 0.25) is 0 Å². The Morgan fingerprint density at radius 1 is 1.23 bits per heavy atom. The standard InChI is InChI=1S/C7H7FO.C4H10/c1-5-6(8)3-2-4-7(5)9;1-4(2)3/h2-4,9H,1H3;4H,1-3H3. The van der Waals surface area contributed by atoms with E-state index in [0.717, 1.165) is 5.92 Å². The van der Waals surface area contributed by atoms with Crippen molar-refractivity contribution in [1.29, 1.82) is 0 Å². The average molecular weight is 184 g/mol. The molecule has 1 aromatic rings. The summed E-state index contributed by atoms with van der Waals surface area (Å²) in [5.41, 5.74) is 0.303. The summed E-state index contributed by atoms with van der Waals surface area (Å²) in [5.74, 6) is 0.477. The first-order valence-corrected chi connectivity index (χ1v) is 4.39. The minimum absolute atomic E-state index is 0.00926. The minimum Gasteiger partial charge on any atom is -0.508 e. The van der Waals surface area contributed by atoms with Gasteiger partial charge in [0.1, 0.15) is 11.6 Å². The normalized spacial score (nSPS) is 9.38. The van der Waals surface area contributed by atoms with Crippen LogP contribution >= 0.6 is 0 Å². The molecule has 0 atom stereocenters. The molecular formula is C11H17FO. The Kier molecular flexibility index (Phi) is 5.12. The summed E-state index contributed by atoms with van der Waals surface area (Å²) in [4.78, 5) is 0. The van der Waals surface area contributed by atoms with Crippen LogP contribution in [0.2, 0.25) is 0 Å². The number of aromatic hydroxyl groups is 1. The van der Waals surface area contributed by atoms with Gasteiger partial charge < -0.3 is 5.11 Å². The third-order valence-electron chi connectivity index (χ3n) is 1.24. The summed E-state index contributed by atoms with van der Waals surface area (Å²) >= 11 is 0. The van der Waals surface area contributed by atoms with Crippen LogP contribution in [0, 0.1) is 18.7 Å². The molecule has 1 rings (SSSR count). The monoisotopic (exact) mass is 184 g/mol. The van der Waals surface area contributed by atoms with E-state index in [9.17, 15) is 4.39 Å². The van der Waals surface area contributed by atoms with Crippen LogP contribution in [0.25, 0.3) is 0 Å². The van der Waals surface area contributed by atoms with Crippen molar-refractivity contribution >= 4 is 0 Å². The third kappa shape index (κ3) is 5.23. The molecule has 1 N–H and O–H groups in total. The molecule has 0 bridgehead atoms. The van der Waals surface area contributed by atoms with Crippen molar-refractivity contribution in [2.24, 2.45) is 5.92 Å². The molecule has 0 saturated heterocycles. The van der Waals surface area contributed by atoms with Gasteiger partial charge in [-0.25, -0.2) is 4.39 Å². The number of hydrogen-bond donors (Lipinski definition) is 1. The largest absolute Gasteiger partial charge is 0.508 e. The highest BCUT2D eigenvalue weighted by molar-refractivity contribution is 5.31. The lowest BCUT2D eigenvalue weighted by Gasteiger charge is -1.96. The zero-order chi connectivity index (χ0) is 10.4. The lowest BCUT2D eigenvalue weighted by atomic mass is 10.2. The minimum atomic E-state index is -0.366. The van der Waals surface area contributed by atoms with Gasteiger partial charge in [-0.15, -0.1) is 0 Å². The predicted octanol–water partition coefficient (Wildman–Crippen LogP) is 3.50.